The average Bonchev–Trinajstić information content (AvgIpc) is 2.76. The Morgan fingerprint density at radius 2 is 2.06 bits per heavy atom. The number of nitrogens with zero attached hydrogens (tertiary/aromatic N) is 2. The number of aliphatic hydroxyl groups is 1. The molecular formula is C28H40N4O4. The van der Waals surface area contributed by atoms with Crippen LogP contribution in [0.25, 0.3) is 0 Å². The van der Waals surface area contributed by atoms with E-state index >= 15 is 0 Å². The van der Waals surface area contributed by atoms with E-state index in [4.69, 9.17) is 9.72 Å². The first kappa shape index (κ1) is 26.4. The fraction of sp³-hybridized carbons (Fsp3) is 0.607. The van der Waals surface area contributed by atoms with Crippen LogP contribution >= 0.6 is 0 Å². The lowest BCUT2D eigenvalue weighted by Crippen LogP contribution is -2.52. The van der Waals surface area contributed by atoms with Crippen LogP contribution in [0.15, 0.2) is 35.4 Å². The molecule has 1 spiro atoms. The summed E-state index contributed by atoms with van der Waals surface area (Å²) in [5, 5.41) is 17.6. The van der Waals surface area contributed by atoms with Gasteiger partial charge in [-0.1, -0.05) is 20.8 Å². The van der Waals surface area contributed by atoms with Crippen LogP contribution in [-0.2, 0) is 24.7 Å². The molecular weight excluding hydrogens is 456 g/mol. The number of nitrogens with one attached hydrogen (secondary N) is 2. The van der Waals surface area contributed by atoms with Gasteiger partial charge in [-0.05, 0) is 60.8 Å². The number of fused-ring (bicyclic) bond motifs is 1. The third-order valence-electron chi connectivity index (χ3n) is 7.25. The number of carbonyl (C=O) groups excluding carboxylic acids is 1. The number of carbonyl (C=O) groups is 1. The minimum Gasteiger partial charge on any atom is -0.471 e. The highest BCUT2D eigenvalue weighted by Gasteiger charge is 2.46. The number of pyridine rings is 2. The zero-order valence-corrected chi connectivity index (χ0v) is 22.1. The van der Waals surface area contributed by atoms with Crippen molar-refractivity contribution in [3.8, 4) is 5.88 Å². The van der Waals surface area contributed by atoms with E-state index in [1.54, 1.807) is 19.3 Å². The van der Waals surface area contributed by atoms with Gasteiger partial charge in [0, 0.05) is 57.0 Å². The van der Waals surface area contributed by atoms with E-state index in [-0.39, 0.29) is 28.5 Å². The van der Waals surface area contributed by atoms with Gasteiger partial charge in [0.1, 0.15) is 5.60 Å². The van der Waals surface area contributed by atoms with Crippen molar-refractivity contribution in [2.45, 2.75) is 90.0 Å². The van der Waals surface area contributed by atoms with Crippen molar-refractivity contribution in [3.05, 3.63) is 57.6 Å². The van der Waals surface area contributed by atoms with Crippen LogP contribution in [0.1, 0.15) is 76.1 Å². The van der Waals surface area contributed by atoms with Crippen LogP contribution < -0.4 is 20.9 Å². The lowest BCUT2D eigenvalue weighted by Gasteiger charge is -2.47. The molecule has 1 aliphatic heterocycles. The quantitative estimate of drug-likeness (QED) is 0.519. The fourth-order valence-electron chi connectivity index (χ4n) is 5.27. The molecule has 3 N–H and O–H groups in total. The first-order valence-corrected chi connectivity index (χ1v) is 12.9. The molecule has 0 bridgehead atoms. The molecule has 0 radical (unpaired) electrons. The van der Waals surface area contributed by atoms with Crippen molar-refractivity contribution in [3.63, 3.8) is 0 Å². The van der Waals surface area contributed by atoms with Crippen LogP contribution in [0.2, 0.25) is 0 Å². The van der Waals surface area contributed by atoms with Crippen LogP contribution in [0.3, 0.4) is 0 Å². The van der Waals surface area contributed by atoms with Gasteiger partial charge in [0.05, 0.1) is 12.1 Å². The molecule has 1 saturated carbocycles. The molecule has 1 amide bonds. The van der Waals surface area contributed by atoms with E-state index < -0.39 is 12.1 Å². The molecule has 2 aromatic rings. The Morgan fingerprint density at radius 3 is 2.67 bits per heavy atom. The van der Waals surface area contributed by atoms with E-state index in [1.165, 1.54) is 17.1 Å². The van der Waals surface area contributed by atoms with E-state index in [0.717, 1.165) is 43.2 Å². The first-order chi connectivity index (χ1) is 16.9. The highest BCUT2D eigenvalue weighted by Crippen LogP contribution is 2.48. The number of aromatic nitrogens is 2. The number of amides is 1. The average molecular weight is 497 g/mol. The predicted molar refractivity (Wildman–Crippen MR) is 139 cm³/mol. The molecule has 1 aliphatic carbocycles. The van der Waals surface area contributed by atoms with Gasteiger partial charge in [-0.2, -0.15) is 0 Å². The molecule has 8 heteroatoms. The maximum Gasteiger partial charge on any atom is 0.250 e. The third kappa shape index (κ3) is 6.34. The third-order valence-corrected chi connectivity index (χ3v) is 7.25. The van der Waals surface area contributed by atoms with Gasteiger partial charge in [0.15, 0.2) is 0 Å². The molecule has 4 rings (SSSR count). The van der Waals surface area contributed by atoms with E-state index in [0.29, 0.717) is 18.8 Å². The van der Waals surface area contributed by atoms with E-state index in [2.05, 4.69) is 37.5 Å². The van der Waals surface area contributed by atoms with Crippen molar-refractivity contribution in [2.75, 3.05) is 6.54 Å². The van der Waals surface area contributed by atoms with Gasteiger partial charge >= 0.3 is 0 Å². The molecule has 3 atom stereocenters. The largest absolute Gasteiger partial charge is 0.471 e. The zero-order chi connectivity index (χ0) is 26.1. The number of aryl methyl sites for hydroxylation is 1. The Hall–Kier alpha value is -2.71. The second-order valence-electron chi connectivity index (χ2n) is 11.8. The molecule has 2 aliphatic rings. The van der Waals surface area contributed by atoms with Crippen LogP contribution in [0.4, 0.5) is 0 Å². The predicted octanol–water partition coefficient (Wildman–Crippen LogP) is 2.81. The van der Waals surface area contributed by atoms with E-state index in [1.807, 2.05) is 12.3 Å². The van der Waals surface area contributed by atoms with Gasteiger partial charge in [0.2, 0.25) is 11.8 Å². The molecule has 36 heavy (non-hydrogen) atoms. The Morgan fingerprint density at radius 1 is 1.31 bits per heavy atom. The Labute approximate surface area is 213 Å². The van der Waals surface area contributed by atoms with Crippen molar-refractivity contribution < 1.29 is 14.6 Å². The second-order valence-corrected chi connectivity index (χ2v) is 11.8. The van der Waals surface area contributed by atoms with Crippen LogP contribution in [-0.4, -0.2) is 44.9 Å². The summed E-state index contributed by atoms with van der Waals surface area (Å²) in [6, 6.07) is 5.05. The summed E-state index contributed by atoms with van der Waals surface area (Å²) in [6.07, 6.45) is 8.05. The maximum atomic E-state index is 12.1. The Balaban J connectivity index is 1.51. The molecule has 0 saturated heterocycles. The standard InChI is InChI=1S/C28H40N4O4/c1-18(33)31-22(12-19-7-10-32(5)25(35)13-19)24(34)17-29-23-15-28(8-6-9-28)36-26-21(23)11-20(16-30-26)14-27(2,3)4/h7,10-11,13,16,22-24,29,34H,6,8-9,12,14-15,17H2,1-5H3,(H,31,33)/t22-,23-,24+/m0/s1. The number of aliphatic hydroxyl groups excluding tert-OH is 1. The number of rotatable bonds is 8. The van der Waals surface area contributed by atoms with Crippen molar-refractivity contribution in [1.82, 2.24) is 20.2 Å². The summed E-state index contributed by atoms with van der Waals surface area (Å²) < 4.78 is 7.87. The van der Waals surface area contributed by atoms with Gasteiger partial charge in [-0.15, -0.1) is 0 Å². The summed E-state index contributed by atoms with van der Waals surface area (Å²) in [4.78, 5) is 28.6. The lowest BCUT2D eigenvalue weighted by molar-refractivity contribution is -0.120. The second kappa shape index (κ2) is 10.3. The van der Waals surface area contributed by atoms with Gasteiger partial charge < -0.3 is 25.0 Å². The van der Waals surface area contributed by atoms with Crippen molar-refractivity contribution in [1.29, 1.82) is 0 Å². The van der Waals surface area contributed by atoms with Crippen molar-refractivity contribution in [2.24, 2.45) is 12.5 Å². The minimum absolute atomic E-state index is 0.00174. The Bertz CT molecular complexity index is 1150. The highest BCUT2D eigenvalue weighted by molar-refractivity contribution is 5.73. The monoisotopic (exact) mass is 496 g/mol. The maximum absolute atomic E-state index is 12.1. The fourth-order valence-corrected chi connectivity index (χ4v) is 5.27. The molecule has 2 aromatic heterocycles. The van der Waals surface area contributed by atoms with Gasteiger partial charge in [-0.25, -0.2) is 4.98 Å². The molecule has 8 nitrogen and oxygen atoms in total. The SMILES string of the molecule is CC(=O)N[C@@H](Cc1ccn(C)c(=O)c1)[C@H](O)CN[C@H]1CC2(CCC2)Oc2ncc(CC(C)(C)C)cc21. The first-order valence-electron chi connectivity index (χ1n) is 12.9. The van der Waals surface area contributed by atoms with Gasteiger partial charge in [-0.3, -0.25) is 9.59 Å². The number of hydrogen-bond acceptors (Lipinski definition) is 6. The number of hydrogen-bond donors (Lipinski definition) is 3. The summed E-state index contributed by atoms with van der Waals surface area (Å²) in [6.45, 7) is 8.36. The van der Waals surface area contributed by atoms with E-state index in [9.17, 15) is 14.7 Å². The molecule has 1 fully saturated rings. The highest BCUT2D eigenvalue weighted by atomic mass is 16.5. The molecule has 196 valence electrons. The van der Waals surface area contributed by atoms with Crippen LogP contribution in [0.5, 0.6) is 5.88 Å². The van der Waals surface area contributed by atoms with Crippen LogP contribution in [0, 0.1) is 5.41 Å². The summed E-state index contributed by atoms with van der Waals surface area (Å²) in [5.41, 5.74) is 2.81. The molecule has 0 unspecified atom stereocenters. The zero-order valence-electron chi connectivity index (χ0n) is 22.1. The summed E-state index contributed by atoms with van der Waals surface area (Å²) >= 11 is 0. The lowest BCUT2D eigenvalue weighted by atomic mass is 9.73. The summed E-state index contributed by atoms with van der Waals surface area (Å²) in [7, 11) is 1.69. The van der Waals surface area contributed by atoms with Crippen molar-refractivity contribution >= 4 is 5.91 Å². The minimum atomic E-state index is -0.840. The summed E-state index contributed by atoms with van der Waals surface area (Å²) in [5.74, 6) is 0.466. The Kier molecular flexibility index (Phi) is 7.57. The molecule has 0 aromatic carbocycles. The normalized spacial score (nSPS) is 20.1. The van der Waals surface area contributed by atoms with Gasteiger partial charge in [0.25, 0.3) is 5.56 Å². The topological polar surface area (TPSA) is 105 Å². The molecule has 3 heterocycles. The smallest absolute Gasteiger partial charge is 0.250 e. The number of ether oxygens (including phenoxy) is 1.